The number of terminal acetylenes is 1. The molecule has 0 aromatic rings. The molecule has 0 bridgehead atoms. The van der Waals surface area contributed by atoms with E-state index in [0.717, 1.165) is 11.5 Å². The Bertz CT molecular complexity index is 302. The summed E-state index contributed by atoms with van der Waals surface area (Å²) in [5.41, 5.74) is 0. The SMILES string of the molecule is C#CCC(NC(=O)NC(C)CSCC)C(=O)O. The molecule has 0 aliphatic heterocycles. The van der Waals surface area contributed by atoms with Gasteiger partial charge in [-0.05, 0) is 12.7 Å². The summed E-state index contributed by atoms with van der Waals surface area (Å²) in [5.74, 6) is 2.85. The number of hydrogen-bond donors (Lipinski definition) is 3. The van der Waals surface area contributed by atoms with Crippen LogP contribution in [0.5, 0.6) is 0 Å². The van der Waals surface area contributed by atoms with Gasteiger partial charge in [0.05, 0.1) is 0 Å². The average Bonchev–Trinajstić information content (AvgIpc) is 2.25. The molecule has 6 heteroatoms. The van der Waals surface area contributed by atoms with E-state index in [0.29, 0.717) is 0 Å². The molecule has 0 spiro atoms. The van der Waals surface area contributed by atoms with E-state index < -0.39 is 18.0 Å². The summed E-state index contributed by atoms with van der Waals surface area (Å²) in [6.45, 7) is 3.89. The second-order valence-electron chi connectivity index (χ2n) is 3.48. The van der Waals surface area contributed by atoms with Crippen molar-refractivity contribution >= 4 is 23.8 Å². The Morgan fingerprint density at radius 1 is 1.47 bits per heavy atom. The van der Waals surface area contributed by atoms with Gasteiger partial charge >= 0.3 is 12.0 Å². The number of hydrogen-bond acceptors (Lipinski definition) is 3. The van der Waals surface area contributed by atoms with E-state index in [4.69, 9.17) is 11.5 Å². The van der Waals surface area contributed by atoms with Crippen LogP contribution >= 0.6 is 11.8 Å². The topological polar surface area (TPSA) is 78.4 Å². The highest BCUT2D eigenvalue weighted by Gasteiger charge is 2.19. The van der Waals surface area contributed by atoms with Crippen molar-refractivity contribution in [2.24, 2.45) is 0 Å². The van der Waals surface area contributed by atoms with Gasteiger partial charge in [0.1, 0.15) is 6.04 Å². The maximum absolute atomic E-state index is 11.4. The van der Waals surface area contributed by atoms with Gasteiger partial charge in [0.2, 0.25) is 0 Å². The largest absolute Gasteiger partial charge is 0.480 e. The first kappa shape index (κ1) is 15.7. The van der Waals surface area contributed by atoms with Crippen LogP contribution in [0.25, 0.3) is 0 Å². The minimum Gasteiger partial charge on any atom is -0.480 e. The van der Waals surface area contributed by atoms with Crippen molar-refractivity contribution < 1.29 is 14.7 Å². The maximum Gasteiger partial charge on any atom is 0.327 e. The highest BCUT2D eigenvalue weighted by molar-refractivity contribution is 7.99. The smallest absolute Gasteiger partial charge is 0.327 e. The minimum atomic E-state index is -1.13. The fraction of sp³-hybridized carbons (Fsp3) is 0.636. The number of carbonyl (C=O) groups is 2. The highest BCUT2D eigenvalue weighted by Crippen LogP contribution is 2.01. The number of urea groups is 1. The summed E-state index contributed by atoms with van der Waals surface area (Å²) in [6, 6.07) is -1.55. The summed E-state index contributed by atoms with van der Waals surface area (Å²) < 4.78 is 0. The van der Waals surface area contributed by atoms with Crippen molar-refractivity contribution in [3.05, 3.63) is 0 Å². The van der Waals surface area contributed by atoms with E-state index in [-0.39, 0.29) is 12.5 Å². The molecule has 2 amide bonds. The molecule has 0 aromatic carbocycles. The summed E-state index contributed by atoms with van der Waals surface area (Å²) in [7, 11) is 0. The second-order valence-corrected chi connectivity index (χ2v) is 4.80. The van der Waals surface area contributed by atoms with Crippen molar-refractivity contribution in [3.8, 4) is 12.3 Å². The average molecular weight is 258 g/mol. The van der Waals surface area contributed by atoms with Gasteiger partial charge in [0.15, 0.2) is 0 Å². The second kappa shape index (κ2) is 8.76. The van der Waals surface area contributed by atoms with E-state index in [2.05, 4.69) is 16.6 Å². The zero-order valence-corrected chi connectivity index (χ0v) is 10.8. The number of aliphatic carboxylic acids is 1. The molecule has 0 saturated heterocycles. The van der Waals surface area contributed by atoms with Crippen LogP contribution in [0.4, 0.5) is 4.79 Å². The third kappa shape index (κ3) is 7.53. The van der Waals surface area contributed by atoms with Crippen molar-refractivity contribution in [3.63, 3.8) is 0 Å². The molecule has 0 saturated carbocycles. The first-order valence-corrected chi connectivity index (χ1v) is 6.47. The van der Waals surface area contributed by atoms with Crippen molar-refractivity contribution in [2.75, 3.05) is 11.5 Å². The van der Waals surface area contributed by atoms with E-state index in [9.17, 15) is 9.59 Å². The molecule has 5 nitrogen and oxygen atoms in total. The maximum atomic E-state index is 11.4. The zero-order chi connectivity index (χ0) is 13.3. The molecule has 0 heterocycles. The fourth-order valence-electron chi connectivity index (χ4n) is 1.08. The lowest BCUT2D eigenvalue weighted by Gasteiger charge is -2.16. The van der Waals surface area contributed by atoms with Crippen molar-refractivity contribution in [1.82, 2.24) is 10.6 Å². The Balaban J connectivity index is 4.06. The van der Waals surface area contributed by atoms with Crippen LogP contribution in [0.3, 0.4) is 0 Å². The number of thioether (sulfide) groups is 1. The van der Waals surface area contributed by atoms with Crippen LogP contribution < -0.4 is 10.6 Å². The number of rotatable bonds is 7. The number of nitrogens with one attached hydrogen (secondary N) is 2. The van der Waals surface area contributed by atoms with Gasteiger partial charge in [0, 0.05) is 18.2 Å². The Morgan fingerprint density at radius 3 is 2.59 bits per heavy atom. The third-order valence-electron chi connectivity index (χ3n) is 1.87. The Labute approximate surface area is 106 Å². The number of carboxylic acids is 1. The number of carbonyl (C=O) groups excluding carboxylic acids is 1. The van der Waals surface area contributed by atoms with Crippen LogP contribution in [-0.2, 0) is 4.79 Å². The standard InChI is InChI=1S/C11H18N2O3S/c1-4-6-9(10(14)15)13-11(16)12-8(3)7-17-5-2/h1,8-9H,5-7H2,2-3H3,(H,14,15)(H2,12,13,16). The zero-order valence-electron chi connectivity index (χ0n) is 10.0. The molecule has 2 atom stereocenters. The van der Waals surface area contributed by atoms with Gasteiger partial charge < -0.3 is 15.7 Å². The molecule has 0 aromatic heterocycles. The molecular weight excluding hydrogens is 240 g/mol. The summed E-state index contributed by atoms with van der Waals surface area (Å²) in [6.07, 6.45) is 4.99. The molecule has 96 valence electrons. The summed E-state index contributed by atoms with van der Waals surface area (Å²) in [5, 5.41) is 13.8. The lowest BCUT2D eigenvalue weighted by Crippen LogP contribution is -2.48. The van der Waals surface area contributed by atoms with Crippen LogP contribution in [0.1, 0.15) is 20.3 Å². The normalized spacial score (nSPS) is 13.2. The lowest BCUT2D eigenvalue weighted by atomic mass is 10.2. The lowest BCUT2D eigenvalue weighted by molar-refractivity contribution is -0.139. The third-order valence-corrected chi connectivity index (χ3v) is 3.02. The highest BCUT2D eigenvalue weighted by atomic mass is 32.2. The summed E-state index contributed by atoms with van der Waals surface area (Å²) in [4.78, 5) is 22.2. The van der Waals surface area contributed by atoms with Gasteiger partial charge in [0.25, 0.3) is 0 Å². The van der Waals surface area contributed by atoms with Crippen LogP contribution in [0.15, 0.2) is 0 Å². The van der Waals surface area contributed by atoms with Crippen LogP contribution in [-0.4, -0.2) is 40.7 Å². The van der Waals surface area contributed by atoms with Crippen LogP contribution in [0.2, 0.25) is 0 Å². The molecule has 0 rings (SSSR count). The Morgan fingerprint density at radius 2 is 2.12 bits per heavy atom. The summed E-state index contributed by atoms with van der Waals surface area (Å²) >= 11 is 1.70. The Hall–Kier alpha value is -1.35. The van der Waals surface area contributed by atoms with Gasteiger partial charge in [-0.25, -0.2) is 9.59 Å². The molecule has 2 unspecified atom stereocenters. The van der Waals surface area contributed by atoms with Gasteiger partial charge in [-0.1, -0.05) is 6.92 Å². The molecule has 0 aliphatic rings. The fourth-order valence-corrected chi connectivity index (χ4v) is 1.75. The van der Waals surface area contributed by atoms with E-state index >= 15 is 0 Å². The quantitative estimate of drug-likeness (QED) is 0.593. The van der Waals surface area contributed by atoms with E-state index in [1.807, 2.05) is 13.8 Å². The number of carboxylic acid groups (broad SMARTS) is 1. The molecule has 17 heavy (non-hydrogen) atoms. The minimum absolute atomic E-state index is 0.0137. The van der Waals surface area contributed by atoms with Crippen molar-refractivity contribution in [1.29, 1.82) is 0 Å². The predicted molar refractivity (Wildman–Crippen MR) is 69.0 cm³/mol. The van der Waals surface area contributed by atoms with Gasteiger partial charge in [-0.2, -0.15) is 11.8 Å². The van der Waals surface area contributed by atoms with E-state index in [1.165, 1.54) is 0 Å². The van der Waals surface area contributed by atoms with Gasteiger partial charge in [-0.3, -0.25) is 0 Å². The first-order valence-electron chi connectivity index (χ1n) is 5.32. The van der Waals surface area contributed by atoms with Gasteiger partial charge in [-0.15, -0.1) is 12.3 Å². The molecule has 0 aliphatic carbocycles. The number of amides is 2. The molecule has 0 radical (unpaired) electrons. The molecule has 3 N–H and O–H groups in total. The first-order chi connectivity index (χ1) is 8.01. The Kier molecular flexibility index (Phi) is 8.07. The molecular formula is C11H18N2O3S. The predicted octanol–water partition coefficient (Wildman–Crippen LogP) is 0.904. The van der Waals surface area contributed by atoms with E-state index in [1.54, 1.807) is 11.8 Å². The molecule has 0 fully saturated rings. The van der Waals surface area contributed by atoms with Crippen LogP contribution in [0, 0.1) is 12.3 Å². The van der Waals surface area contributed by atoms with Crippen molar-refractivity contribution in [2.45, 2.75) is 32.4 Å². The monoisotopic (exact) mass is 258 g/mol.